The van der Waals surface area contributed by atoms with Crippen LogP contribution < -0.4 is 10.5 Å². The van der Waals surface area contributed by atoms with E-state index in [0.29, 0.717) is 30.8 Å². The van der Waals surface area contributed by atoms with Crippen LogP contribution in [0.3, 0.4) is 0 Å². The second-order valence-electron chi connectivity index (χ2n) is 8.51. The molecule has 8 nitrogen and oxygen atoms in total. The first-order valence-corrected chi connectivity index (χ1v) is 11.4. The topological polar surface area (TPSA) is 102 Å². The van der Waals surface area contributed by atoms with Crippen molar-refractivity contribution in [3.8, 4) is 5.75 Å². The summed E-state index contributed by atoms with van der Waals surface area (Å²) in [5.74, 6) is 1.30. The van der Waals surface area contributed by atoms with E-state index >= 15 is 0 Å². The van der Waals surface area contributed by atoms with E-state index in [1.54, 1.807) is 13.1 Å². The predicted octanol–water partition coefficient (Wildman–Crippen LogP) is 2.61. The molecule has 32 heavy (non-hydrogen) atoms. The smallest absolute Gasteiger partial charge is 0.252 e. The van der Waals surface area contributed by atoms with Gasteiger partial charge in [-0.2, -0.15) is 0 Å². The quantitative estimate of drug-likeness (QED) is 0.681. The number of aryl methyl sites for hydroxylation is 1. The molecule has 170 valence electrons. The highest BCUT2D eigenvalue weighted by atomic mass is 16.5. The Bertz CT molecular complexity index is 980. The molecule has 1 aromatic carbocycles. The first kappa shape index (κ1) is 22.2. The van der Waals surface area contributed by atoms with Gasteiger partial charge in [0.15, 0.2) is 0 Å². The van der Waals surface area contributed by atoms with Crippen LogP contribution in [-0.4, -0.2) is 57.8 Å². The number of aromatic nitrogens is 2. The van der Waals surface area contributed by atoms with Crippen molar-refractivity contribution in [2.75, 3.05) is 26.2 Å². The van der Waals surface area contributed by atoms with Gasteiger partial charge in [0.1, 0.15) is 18.2 Å². The maximum Gasteiger partial charge on any atom is 0.252 e. The molecule has 0 radical (unpaired) electrons. The molecule has 2 aliphatic heterocycles. The summed E-state index contributed by atoms with van der Waals surface area (Å²) in [5, 5.41) is 0. The van der Waals surface area contributed by atoms with Crippen molar-refractivity contribution in [3.63, 3.8) is 0 Å². The summed E-state index contributed by atoms with van der Waals surface area (Å²) in [5.41, 5.74) is 7.51. The Hall–Kier alpha value is -3.00. The number of carbonyl (C=O) groups excluding carboxylic acids is 2. The van der Waals surface area contributed by atoms with Crippen molar-refractivity contribution in [2.24, 2.45) is 5.73 Å². The third kappa shape index (κ3) is 5.07. The molecule has 0 aliphatic carbocycles. The number of para-hydroxylation sites is 1. The molecule has 2 aromatic rings. The number of primary amides is 1. The number of rotatable bonds is 8. The van der Waals surface area contributed by atoms with E-state index in [9.17, 15) is 9.59 Å². The Kier molecular flexibility index (Phi) is 6.99. The van der Waals surface area contributed by atoms with E-state index < -0.39 is 5.91 Å². The van der Waals surface area contributed by atoms with Gasteiger partial charge in [0.05, 0.1) is 23.8 Å². The monoisotopic (exact) mass is 437 g/mol. The Morgan fingerprint density at radius 2 is 2.06 bits per heavy atom. The summed E-state index contributed by atoms with van der Waals surface area (Å²) in [6.07, 6.45) is 6.33. The number of nitrogens with zero attached hydrogens (tertiary/aromatic N) is 4. The fourth-order valence-corrected chi connectivity index (χ4v) is 4.56. The lowest BCUT2D eigenvalue weighted by Gasteiger charge is -2.35. The molecular weight excluding hydrogens is 406 g/mol. The number of benzene rings is 1. The second kappa shape index (κ2) is 10.1. The number of carbonyl (C=O) groups is 2. The standard InChI is InChI=1S/C24H31N5O3/c1-17-19(23(25)31)15-26-24(27-17)20-8-4-5-11-29(20)16-18-7-2-3-9-21(18)32-14-13-28-12-6-10-22(28)30/h2-3,7,9,15,20H,4-6,8,10-14,16H2,1H3,(H2,25,31). The van der Waals surface area contributed by atoms with Crippen LogP contribution in [-0.2, 0) is 11.3 Å². The number of hydrogen-bond donors (Lipinski definition) is 1. The summed E-state index contributed by atoms with van der Waals surface area (Å²) in [6.45, 7) is 5.41. The summed E-state index contributed by atoms with van der Waals surface area (Å²) in [6, 6.07) is 8.16. The number of ether oxygens (including phenoxy) is 1. The first-order valence-electron chi connectivity index (χ1n) is 11.4. The molecule has 2 amide bonds. The van der Waals surface area contributed by atoms with Crippen molar-refractivity contribution < 1.29 is 14.3 Å². The second-order valence-corrected chi connectivity index (χ2v) is 8.51. The maximum atomic E-state index is 11.8. The molecule has 1 atom stereocenters. The molecule has 2 aliphatic rings. The molecule has 0 saturated carbocycles. The third-order valence-electron chi connectivity index (χ3n) is 6.31. The summed E-state index contributed by atoms with van der Waals surface area (Å²) in [4.78, 5) is 36.7. The molecule has 8 heteroatoms. The van der Waals surface area contributed by atoms with E-state index in [2.05, 4.69) is 20.9 Å². The average Bonchev–Trinajstić information content (AvgIpc) is 3.19. The molecule has 4 rings (SSSR count). The van der Waals surface area contributed by atoms with Crippen LogP contribution in [0, 0.1) is 6.92 Å². The Morgan fingerprint density at radius 3 is 2.81 bits per heavy atom. The summed E-state index contributed by atoms with van der Waals surface area (Å²) in [7, 11) is 0. The van der Waals surface area contributed by atoms with Gasteiger partial charge >= 0.3 is 0 Å². The number of nitrogens with two attached hydrogens (primary N) is 1. The first-order chi connectivity index (χ1) is 15.5. The van der Waals surface area contributed by atoms with Crippen LogP contribution in [0.5, 0.6) is 5.75 Å². The van der Waals surface area contributed by atoms with Crippen LogP contribution in [0.2, 0.25) is 0 Å². The molecule has 2 saturated heterocycles. The third-order valence-corrected chi connectivity index (χ3v) is 6.31. The number of hydrogen-bond acceptors (Lipinski definition) is 6. The molecule has 0 spiro atoms. The molecule has 2 N–H and O–H groups in total. The Morgan fingerprint density at radius 1 is 1.22 bits per heavy atom. The van der Waals surface area contributed by atoms with Crippen LogP contribution in [0.1, 0.15) is 65.6 Å². The van der Waals surface area contributed by atoms with Gasteiger partial charge in [0.25, 0.3) is 5.91 Å². The maximum absolute atomic E-state index is 11.8. The van der Waals surface area contributed by atoms with Gasteiger partial charge in [-0.3, -0.25) is 14.5 Å². The van der Waals surface area contributed by atoms with Crippen molar-refractivity contribution in [1.82, 2.24) is 19.8 Å². The van der Waals surface area contributed by atoms with Gasteiger partial charge in [0.2, 0.25) is 5.91 Å². The van der Waals surface area contributed by atoms with Gasteiger partial charge in [-0.1, -0.05) is 24.6 Å². The fourth-order valence-electron chi connectivity index (χ4n) is 4.56. The molecule has 0 bridgehead atoms. The zero-order valence-corrected chi connectivity index (χ0v) is 18.6. The van der Waals surface area contributed by atoms with Crippen LogP contribution in [0.25, 0.3) is 0 Å². The molecule has 2 fully saturated rings. The summed E-state index contributed by atoms with van der Waals surface area (Å²) < 4.78 is 6.09. The number of amides is 2. The zero-order chi connectivity index (χ0) is 22.5. The normalized spacial score (nSPS) is 19.3. The largest absolute Gasteiger partial charge is 0.491 e. The van der Waals surface area contributed by atoms with E-state index in [4.69, 9.17) is 10.5 Å². The van der Waals surface area contributed by atoms with Crippen LogP contribution in [0.15, 0.2) is 30.5 Å². The average molecular weight is 438 g/mol. The minimum Gasteiger partial charge on any atom is -0.491 e. The number of likely N-dealkylation sites (tertiary alicyclic amines) is 2. The van der Waals surface area contributed by atoms with Crippen molar-refractivity contribution in [1.29, 1.82) is 0 Å². The van der Waals surface area contributed by atoms with Crippen molar-refractivity contribution in [2.45, 2.75) is 51.6 Å². The minimum absolute atomic E-state index is 0.0830. The lowest BCUT2D eigenvalue weighted by Crippen LogP contribution is -2.34. The lowest BCUT2D eigenvalue weighted by molar-refractivity contribution is -0.128. The van der Waals surface area contributed by atoms with Crippen LogP contribution in [0.4, 0.5) is 0 Å². The Labute approximate surface area is 188 Å². The van der Waals surface area contributed by atoms with E-state index in [-0.39, 0.29) is 11.9 Å². The van der Waals surface area contributed by atoms with E-state index in [1.807, 2.05) is 23.1 Å². The fraction of sp³-hybridized carbons (Fsp3) is 0.500. The predicted molar refractivity (Wildman–Crippen MR) is 120 cm³/mol. The van der Waals surface area contributed by atoms with Gasteiger partial charge in [0, 0.05) is 31.3 Å². The molecular formula is C24H31N5O3. The van der Waals surface area contributed by atoms with Crippen molar-refractivity contribution in [3.05, 3.63) is 53.1 Å². The SMILES string of the molecule is Cc1nc(C2CCCCN2Cc2ccccc2OCCN2CCCC2=O)ncc1C(N)=O. The van der Waals surface area contributed by atoms with Crippen molar-refractivity contribution >= 4 is 11.8 Å². The summed E-state index contributed by atoms with van der Waals surface area (Å²) >= 11 is 0. The van der Waals surface area contributed by atoms with E-state index in [0.717, 1.165) is 62.5 Å². The molecule has 1 aromatic heterocycles. The molecule has 1 unspecified atom stereocenters. The van der Waals surface area contributed by atoms with E-state index in [1.165, 1.54) is 0 Å². The highest BCUT2D eigenvalue weighted by Crippen LogP contribution is 2.32. The van der Waals surface area contributed by atoms with Gasteiger partial charge < -0.3 is 15.4 Å². The van der Waals surface area contributed by atoms with Crippen LogP contribution >= 0.6 is 0 Å². The Balaban J connectivity index is 1.45. The number of piperidine rings is 1. The zero-order valence-electron chi connectivity index (χ0n) is 18.6. The minimum atomic E-state index is -0.503. The lowest BCUT2D eigenvalue weighted by atomic mass is 10.00. The molecule has 3 heterocycles. The van der Waals surface area contributed by atoms with Gasteiger partial charge in [-0.15, -0.1) is 0 Å². The van der Waals surface area contributed by atoms with Gasteiger partial charge in [-0.05, 0) is 38.8 Å². The van der Waals surface area contributed by atoms with Gasteiger partial charge in [-0.25, -0.2) is 9.97 Å². The highest BCUT2D eigenvalue weighted by molar-refractivity contribution is 5.93. The highest BCUT2D eigenvalue weighted by Gasteiger charge is 2.28.